The lowest BCUT2D eigenvalue weighted by atomic mass is 9.94. The number of nitrogens with two attached hydrogens (primary N) is 1. The van der Waals surface area contributed by atoms with E-state index < -0.39 is 30.1 Å². The third-order valence-corrected chi connectivity index (χ3v) is 6.39. The van der Waals surface area contributed by atoms with E-state index >= 15 is 0 Å². The van der Waals surface area contributed by atoms with Gasteiger partial charge in [-0.15, -0.1) is 0 Å². The van der Waals surface area contributed by atoms with Crippen LogP contribution in [0.2, 0.25) is 0 Å². The molecule has 2 aliphatic heterocycles. The minimum atomic E-state index is -0.788. The van der Waals surface area contributed by atoms with E-state index in [4.69, 9.17) is 14.9 Å². The maximum Gasteiger partial charge on any atom is 0.355 e. The van der Waals surface area contributed by atoms with Crippen molar-refractivity contribution in [2.75, 3.05) is 13.1 Å². The molecule has 10 nitrogen and oxygen atoms in total. The van der Waals surface area contributed by atoms with E-state index in [1.54, 1.807) is 30.4 Å². The smallest absolute Gasteiger partial charge is 0.355 e. The number of oxazole rings is 1. The summed E-state index contributed by atoms with van der Waals surface area (Å²) in [5.74, 6) is -1.35. The predicted molar refractivity (Wildman–Crippen MR) is 141 cm³/mol. The number of ether oxygens (including phenoxy) is 1. The van der Waals surface area contributed by atoms with Gasteiger partial charge in [0.1, 0.15) is 18.1 Å². The number of nitrogens with zero attached hydrogens (tertiary/aromatic N) is 2. The molecule has 0 saturated carbocycles. The minimum absolute atomic E-state index is 0.0300. The van der Waals surface area contributed by atoms with Crippen molar-refractivity contribution in [2.24, 2.45) is 17.6 Å². The van der Waals surface area contributed by atoms with Gasteiger partial charge in [0.25, 0.3) is 5.91 Å². The molecule has 0 fully saturated rings. The average molecular weight is 527 g/mol. The van der Waals surface area contributed by atoms with E-state index in [1.807, 2.05) is 27.7 Å². The van der Waals surface area contributed by atoms with Crippen molar-refractivity contribution in [1.82, 2.24) is 15.2 Å². The lowest BCUT2D eigenvalue weighted by Crippen LogP contribution is -2.36. The summed E-state index contributed by atoms with van der Waals surface area (Å²) in [7, 11) is 0. The molecule has 2 amide bonds. The van der Waals surface area contributed by atoms with Crippen molar-refractivity contribution >= 4 is 17.8 Å². The highest BCUT2D eigenvalue weighted by Crippen LogP contribution is 2.24. The molecule has 38 heavy (non-hydrogen) atoms. The van der Waals surface area contributed by atoms with Crippen molar-refractivity contribution in [3.8, 4) is 0 Å². The first-order valence-corrected chi connectivity index (χ1v) is 13.0. The van der Waals surface area contributed by atoms with Gasteiger partial charge in [0.05, 0.1) is 6.10 Å². The second-order valence-corrected chi connectivity index (χ2v) is 10.1. The van der Waals surface area contributed by atoms with Crippen molar-refractivity contribution in [2.45, 2.75) is 65.2 Å². The Balaban J connectivity index is 1.86. The molecule has 10 heteroatoms. The number of amides is 2. The molecule has 0 aliphatic carbocycles. The fraction of sp³-hybridized carbons (Fsp3) is 0.500. The van der Waals surface area contributed by atoms with Crippen LogP contribution in [0.15, 0.2) is 58.4 Å². The van der Waals surface area contributed by atoms with E-state index in [9.17, 15) is 19.5 Å². The summed E-state index contributed by atoms with van der Waals surface area (Å²) in [6, 6.07) is -0.459. The van der Waals surface area contributed by atoms with Gasteiger partial charge in [-0.05, 0) is 31.8 Å². The van der Waals surface area contributed by atoms with Gasteiger partial charge in [-0.25, -0.2) is 9.78 Å². The number of hydrogen-bond donors (Lipinski definition) is 3. The largest absolute Gasteiger partial charge is 0.457 e. The molecule has 2 aliphatic rings. The minimum Gasteiger partial charge on any atom is -0.457 e. The highest BCUT2D eigenvalue weighted by Gasteiger charge is 2.33. The number of carbonyl (C=O) groups excluding carboxylic acids is 3. The Morgan fingerprint density at radius 3 is 2.74 bits per heavy atom. The second-order valence-electron chi connectivity index (χ2n) is 10.1. The number of carbonyl (C=O) groups is 3. The van der Waals surface area contributed by atoms with Crippen molar-refractivity contribution < 1.29 is 28.6 Å². The maximum absolute atomic E-state index is 13.2. The van der Waals surface area contributed by atoms with Crippen LogP contribution >= 0.6 is 0 Å². The number of hydrogen-bond acceptors (Lipinski definition) is 8. The first-order valence-electron chi connectivity index (χ1n) is 13.0. The molecule has 3 rings (SSSR count). The second kappa shape index (κ2) is 13.3. The first-order chi connectivity index (χ1) is 18.0. The number of nitrogens with one attached hydrogen (secondary N) is 1. The number of rotatable bonds is 1. The van der Waals surface area contributed by atoms with Crippen LogP contribution in [0.4, 0.5) is 0 Å². The fourth-order valence-corrected chi connectivity index (χ4v) is 4.50. The molecule has 1 aromatic rings. The third-order valence-electron chi connectivity index (χ3n) is 6.39. The summed E-state index contributed by atoms with van der Waals surface area (Å²) in [6.45, 7) is 8.21. The van der Waals surface area contributed by atoms with E-state index in [2.05, 4.69) is 10.3 Å². The van der Waals surface area contributed by atoms with E-state index in [0.29, 0.717) is 19.5 Å². The van der Waals surface area contributed by atoms with Crippen LogP contribution in [-0.4, -0.2) is 64.1 Å². The quantitative estimate of drug-likeness (QED) is 0.473. The van der Waals surface area contributed by atoms with Gasteiger partial charge in [-0.2, -0.15) is 0 Å². The van der Waals surface area contributed by atoms with Crippen LogP contribution in [0, 0.1) is 11.8 Å². The molecule has 1 aromatic heterocycles. The number of esters is 1. The fourth-order valence-electron chi connectivity index (χ4n) is 4.50. The summed E-state index contributed by atoms with van der Waals surface area (Å²) >= 11 is 0. The molecule has 0 saturated heterocycles. The van der Waals surface area contributed by atoms with Crippen molar-refractivity contribution in [1.29, 1.82) is 0 Å². The summed E-state index contributed by atoms with van der Waals surface area (Å²) in [5, 5.41) is 13.2. The van der Waals surface area contributed by atoms with Crippen LogP contribution in [0.5, 0.6) is 0 Å². The van der Waals surface area contributed by atoms with Crippen LogP contribution in [0.25, 0.3) is 0 Å². The van der Waals surface area contributed by atoms with Crippen LogP contribution < -0.4 is 11.1 Å². The maximum atomic E-state index is 13.2. The predicted octanol–water partition coefficient (Wildman–Crippen LogP) is 2.42. The summed E-state index contributed by atoms with van der Waals surface area (Å²) in [5.41, 5.74) is 7.23. The standard InChI is InChI=1S/C28H38N4O6/c1-17(2)26-19(4)9-10-24(34)30-11-5-7-18(3)13-21(33)14-20(29)15-25-31-22(16-37-25)27(35)32-12-6-8-23(32)28(36)38-26/h5,7-10,13,16-17,19-21,26,33H,6,11-12,14-15,29H2,1-4H3,(H,30,34)/b7-5+,10-9+,18-13+/t19-,20+,21-,26-/m1/s1. The monoisotopic (exact) mass is 526 g/mol. The molecule has 3 heterocycles. The summed E-state index contributed by atoms with van der Waals surface area (Å²) in [6.07, 6.45) is 11.0. The normalized spacial score (nSPS) is 29.6. The van der Waals surface area contributed by atoms with Gasteiger partial charge < -0.3 is 30.2 Å². The lowest BCUT2D eigenvalue weighted by Gasteiger charge is -2.27. The Hall–Kier alpha value is -3.50. The SMILES string of the molecule is CC1=C\[C@@H](O)C[C@H](N)Cc2nc(co2)C(=O)N2CCC=C2C(=O)O[C@H](C(C)C)[C@H](C)/C=C/C(=O)NC\C=C\1. The Morgan fingerprint density at radius 1 is 1.24 bits per heavy atom. The third kappa shape index (κ3) is 8.00. The van der Waals surface area contributed by atoms with Crippen LogP contribution in [0.1, 0.15) is 56.9 Å². The molecule has 206 valence electrons. The molecule has 0 spiro atoms. The van der Waals surface area contributed by atoms with E-state index in [0.717, 1.165) is 5.57 Å². The van der Waals surface area contributed by atoms with Crippen LogP contribution in [0.3, 0.4) is 0 Å². The van der Waals surface area contributed by atoms with E-state index in [1.165, 1.54) is 17.2 Å². The Kier molecular flexibility index (Phi) is 10.2. The molecule has 0 unspecified atom stereocenters. The van der Waals surface area contributed by atoms with Crippen molar-refractivity contribution in [3.63, 3.8) is 0 Å². The number of fused-ring (bicyclic) bond motifs is 3. The lowest BCUT2D eigenvalue weighted by molar-refractivity contribution is -0.149. The molecule has 2 bridgehead atoms. The molecule has 4 N–H and O–H groups in total. The average Bonchev–Trinajstić information content (AvgIpc) is 3.52. The topological polar surface area (TPSA) is 148 Å². The highest BCUT2D eigenvalue weighted by atomic mass is 16.5. The van der Waals surface area contributed by atoms with Gasteiger partial charge in [0, 0.05) is 31.5 Å². The zero-order valence-corrected chi connectivity index (χ0v) is 22.4. The number of cyclic esters (lactones) is 1. The van der Waals surface area contributed by atoms with E-state index in [-0.39, 0.29) is 47.9 Å². The van der Waals surface area contributed by atoms with Gasteiger partial charge >= 0.3 is 5.97 Å². The van der Waals surface area contributed by atoms with Crippen LogP contribution in [-0.2, 0) is 20.7 Å². The Morgan fingerprint density at radius 2 is 2.00 bits per heavy atom. The molecule has 0 aromatic carbocycles. The number of aliphatic hydroxyl groups excluding tert-OH is 1. The van der Waals surface area contributed by atoms with Gasteiger partial charge in [0.15, 0.2) is 11.6 Å². The van der Waals surface area contributed by atoms with Gasteiger partial charge in [-0.1, -0.05) is 56.7 Å². The first kappa shape index (κ1) is 29.1. The molecular weight excluding hydrogens is 488 g/mol. The Bertz CT molecular complexity index is 1130. The number of allylic oxidation sites excluding steroid dienone is 2. The zero-order valence-electron chi connectivity index (χ0n) is 22.4. The Labute approximate surface area is 223 Å². The number of aliphatic hydroxyl groups is 1. The molecule has 0 radical (unpaired) electrons. The summed E-state index contributed by atoms with van der Waals surface area (Å²) < 4.78 is 11.3. The number of aromatic nitrogens is 1. The zero-order chi connectivity index (χ0) is 27.8. The van der Waals surface area contributed by atoms with Gasteiger partial charge in [-0.3, -0.25) is 9.59 Å². The molecule has 4 atom stereocenters. The highest BCUT2D eigenvalue weighted by molar-refractivity contribution is 6.00. The van der Waals surface area contributed by atoms with Gasteiger partial charge in [0.2, 0.25) is 5.91 Å². The van der Waals surface area contributed by atoms with Crippen molar-refractivity contribution in [3.05, 3.63) is 65.6 Å². The molecular formula is C28H38N4O6. The summed E-state index contributed by atoms with van der Waals surface area (Å²) in [4.78, 5) is 44.2.